The second kappa shape index (κ2) is 4.75. The van der Waals surface area contributed by atoms with Gasteiger partial charge in [-0.15, -0.1) is 0 Å². The predicted molar refractivity (Wildman–Crippen MR) is 80.4 cm³/mol. The molecule has 4 aliphatic rings. The molecule has 3 nitrogen and oxygen atoms in total. The molecule has 4 saturated carbocycles. The number of furan rings is 1. The van der Waals surface area contributed by atoms with E-state index < -0.39 is 0 Å². The summed E-state index contributed by atoms with van der Waals surface area (Å²) in [6.45, 7) is 4.30. The quantitative estimate of drug-likeness (QED) is 0.789. The Bertz CT molecular complexity index is 510. The fraction of sp³-hybridized carbons (Fsp3) is 0.611. The van der Waals surface area contributed by atoms with Crippen LogP contribution >= 0.6 is 0 Å². The maximum Gasteiger partial charge on any atom is 0.246 e. The summed E-state index contributed by atoms with van der Waals surface area (Å²) in [6, 6.07) is 3.86. The van der Waals surface area contributed by atoms with E-state index in [1.807, 2.05) is 12.1 Å². The van der Waals surface area contributed by atoms with E-state index in [-0.39, 0.29) is 11.4 Å². The number of carbonyl (C=O) groups excluding carboxylic acids is 1. The Morgan fingerprint density at radius 2 is 1.90 bits per heavy atom. The van der Waals surface area contributed by atoms with Crippen LogP contribution in [0.25, 0.3) is 0 Å². The topological polar surface area (TPSA) is 33.5 Å². The van der Waals surface area contributed by atoms with Gasteiger partial charge in [0.05, 0.1) is 12.8 Å². The van der Waals surface area contributed by atoms with Crippen LogP contribution in [0.3, 0.4) is 0 Å². The molecule has 0 spiro atoms. The van der Waals surface area contributed by atoms with Gasteiger partial charge >= 0.3 is 0 Å². The second-order valence-electron chi connectivity index (χ2n) is 7.35. The molecule has 0 radical (unpaired) electrons. The van der Waals surface area contributed by atoms with Crippen molar-refractivity contribution < 1.29 is 9.21 Å². The van der Waals surface area contributed by atoms with E-state index in [4.69, 9.17) is 4.42 Å². The zero-order chi connectivity index (χ0) is 14.4. The Hall–Kier alpha value is -1.51. The average Bonchev–Trinajstić information content (AvgIpc) is 2.95. The highest BCUT2D eigenvalue weighted by molar-refractivity contribution is 5.87. The van der Waals surface area contributed by atoms with E-state index in [9.17, 15) is 4.79 Å². The first-order chi connectivity index (χ1) is 10.2. The van der Waals surface area contributed by atoms with Crippen LogP contribution in [0.5, 0.6) is 0 Å². The molecule has 4 aliphatic carbocycles. The fourth-order valence-corrected chi connectivity index (χ4v) is 5.54. The van der Waals surface area contributed by atoms with Gasteiger partial charge in [0.15, 0.2) is 0 Å². The van der Waals surface area contributed by atoms with E-state index in [0.29, 0.717) is 6.54 Å². The number of hydrogen-bond acceptors (Lipinski definition) is 2. The first-order valence-electron chi connectivity index (χ1n) is 8.15. The lowest BCUT2D eigenvalue weighted by atomic mass is 9.52. The molecule has 1 aromatic heterocycles. The number of carbonyl (C=O) groups is 1. The third-order valence-electron chi connectivity index (χ3n) is 5.91. The second-order valence-corrected chi connectivity index (χ2v) is 7.35. The van der Waals surface area contributed by atoms with Crippen molar-refractivity contribution in [2.75, 3.05) is 0 Å². The van der Waals surface area contributed by atoms with Crippen molar-refractivity contribution in [1.29, 1.82) is 0 Å². The van der Waals surface area contributed by atoms with Crippen LogP contribution in [0.2, 0.25) is 0 Å². The molecule has 1 heterocycles. The summed E-state index contributed by atoms with van der Waals surface area (Å²) in [5.41, 5.74) is 0.0623. The molecule has 3 heteroatoms. The maximum absolute atomic E-state index is 12.5. The molecular formula is C18H23NO2. The van der Waals surface area contributed by atoms with Gasteiger partial charge in [-0.05, 0) is 74.5 Å². The molecule has 112 valence electrons. The molecule has 21 heavy (non-hydrogen) atoms. The smallest absolute Gasteiger partial charge is 0.246 e. The molecule has 0 unspecified atom stereocenters. The molecular weight excluding hydrogens is 262 g/mol. The maximum atomic E-state index is 12.5. The molecule has 1 aromatic rings. The van der Waals surface area contributed by atoms with Gasteiger partial charge in [-0.25, -0.2) is 0 Å². The van der Waals surface area contributed by atoms with Gasteiger partial charge in [-0.2, -0.15) is 0 Å². The summed E-state index contributed by atoms with van der Waals surface area (Å²) in [7, 11) is 0. The first-order valence-corrected chi connectivity index (χ1v) is 8.15. The third-order valence-corrected chi connectivity index (χ3v) is 5.91. The highest BCUT2D eigenvalue weighted by atomic mass is 16.3. The minimum atomic E-state index is 0.0623. The lowest BCUT2D eigenvalue weighted by Crippen LogP contribution is -2.60. The van der Waals surface area contributed by atoms with Crippen molar-refractivity contribution in [2.24, 2.45) is 17.8 Å². The summed E-state index contributed by atoms with van der Waals surface area (Å²) in [5.74, 6) is 3.42. The molecule has 4 bridgehead atoms. The van der Waals surface area contributed by atoms with Gasteiger partial charge in [0.2, 0.25) is 5.91 Å². The van der Waals surface area contributed by atoms with Gasteiger partial charge in [0.25, 0.3) is 0 Å². The minimum absolute atomic E-state index is 0.0623. The number of amides is 1. The Morgan fingerprint density at radius 3 is 2.38 bits per heavy atom. The zero-order valence-corrected chi connectivity index (χ0v) is 12.5. The molecule has 1 amide bonds. The summed E-state index contributed by atoms with van der Waals surface area (Å²) < 4.78 is 5.49. The van der Waals surface area contributed by atoms with Crippen LogP contribution in [-0.2, 0) is 11.3 Å². The van der Waals surface area contributed by atoms with E-state index in [2.05, 4.69) is 11.5 Å². The van der Waals surface area contributed by atoms with Crippen LogP contribution in [0.15, 0.2) is 35.5 Å². The van der Waals surface area contributed by atoms with Gasteiger partial charge < -0.3 is 9.32 Å². The number of nitrogens with zero attached hydrogens (tertiary/aromatic N) is 1. The van der Waals surface area contributed by atoms with E-state index in [1.54, 1.807) is 6.26 Å². The third kappa shape index (κ3) is 2.14. The van der Waals surface area contributed by atoms with Crippen LogP contribution in [0, 0.1) is 17.8 Å². The minimum Gasteiger partial charge on any atom is -0.467 e. The largest absolute Gasteiger partial charge is 0.467 e. The molecule has 0 saturated heterocycles. The van der Waals surface area contributed by atoms with Crippen molar-refractivity contribution >= 4 is 5.91 Å². The van der Waals surface area contributed by atoms with Crippen LogP contribution in [0.4, 0.5) is 0 Å². The molecule has 0 atom stereocenters. The Labute approximate surface area is 126 Å². The van der Waals surface area contributed by atoms with Crippen LogP contribution < -0.4 is 0 Å². The van der Waals surface area contributed by atoms with Gasteiger partial charge in [-0.1, -0.05) is 6.58 Å². The predicted octanol–water partition coefficient (Wildman–Crippen LogP) is 3.76. The Morgan fingerprint density at radius 1 is 1.29 bits per heavy atom. The van der Waals surface area contributed by atoms with Crippen molar-refractivity contribution in [3.8, 4) is 0 Å². The van der Waals surface area contributed by atoms with Gasteiger partial charge in [0.1, 0.15) is 5.76 Å². The highest BCUT2D eigenvalue weighted by Crippen LogP contribution is 2.58. The van der Waals surface area contributed by atoms with E-state index in [0.717, 1.165) is 23.5 Å². The van der Waals surface area contributed by atoms with Crippen LogP contribution in [-0.4, -0.2) is 16.3 Å². The lowest BCUT2D eigenvalue weighted by Gasteiger charge is -2.60. The number of rotatable bonds is 4. The van der Waals surface area contributed by atoms with Gasteiger partial charge in [0, 0.05) is 5.54 Å². The SMILES string of the molecule is C=CC(=O)N(Cc1ccco1)C12CC3CC(CC(C3)C1)C2. The first kappa shape index (κ1) is 13.2. The highest BCUT2D eigenvalue weighted by Gasteiger charge is 2.54. The monoisotopic (exact) mass is 285 g/mol. The van der Waals surface area contributed by atoms with Crippen LogP contribution in [0.1, 0.15) is 44.3 Å². The lowest BCUT2D eigenvalue weighted by molar-refractivity contribution is -0.147. The van der Waals surface area contributed by atoms with E-state index >= 15 is 0 Å². The average molecular weight is 285 g/mol. The summed E-state index contributed by atoms with van der Waals surface area (Å²) in [5, 5.41) is 0. The van der Waals surface area contributed by atoms with Crippen molar-refractivity contribution in [2.45, 2.75) is 50.6 Å². The van der Waals surface area contributed by atoms with Gasteiger partial charge in [-0.3, -0.25) is 4.79 Å². The molecule has 4 fully saturated rings. The molecule has 0 aromatic carbocycles. The standard InChI is InChI=1S/C18H23NO2/c1-2-17(20)19(12-16-4-3-5-21-16)18-9-13-6-14(10-18)8-15(7-13)11-18/h2-5,13-15H,1,6-12H2. The van der Waals surface area contributed by atoms with Crippen molar-refractivity contribution in [3.63, 3.8) is 0 Å². The van der Waals surface area contributed by atoms with Crippen molar-refractivity contribution in [1.82, 2.24) is 4.90 Å². The van der Waals surface area contributed by atoms with E-state index in [1.165, 1.54) is 44.6 Å². The number of hydrogen-bond donors (Lipinski definition) is 0. The van der Waals surface area contributed by atoms with Crippen molar-refractivity contribution in [3.05, 3.63) is 36.8 Å². The molecule has 0 N–H and O–H groups in total. The fourth-order valence-electron chi connectivity index (χ4n) is 5.54. The zero-order valence-electron chi connectivity index (χ0n) is 12.5. The normalized spacial score (nSPS) is 36.7. The summed E-state index contributed by atoms with van der Waals surface area (Å²) in [4.78, 5) is 14.6. The Balaban J connectivity index is 1.66. The molecule has 0 aliphatic heterocycles. The summed E-state index contributed by atoms with van der Waals surface area (Å²) >= 11 is 0. The summed E-state index contributed by atoms with van der Waals surface area (Å²) in [6.07, 6.45) is 10.9. The molecule has 5 rings (SSSR count). The Kier molecular flexibility index (Phi) is 2.98.